The van der Waals surface area contributed by atoms with Gasteiger partial charge in [-0.05, 0) is 43.5 Å². The zero-order valence-electron chi connectivity index (χ0n) is 11.7. The summed E-state index contributed by atoms with van der Waals surface area (Å²) in [4.78, 5) is 0. The van der Waals surface area contributed by atoms with Crippen LogP contribution in [-0.4, -0.2) is 23.4 Å². The summed E-state index contributed by atoms with van der Waals surface area (Å²) in [5.74, 6) is -0.291. The summed E-state index contributed by atoms with van der Waals surface area (Å²) in [6, 6.07) is 4.52. The molecule has 2 nitrogen and oxygen atoms in total. The average Bonchev–Trinajstić information content (AvgIpc) is 2.40. The van der Waals surface area contributed by atoms with Crippen LogP contribution in [0.3, 0.4) is 0 Å². The summed E-state index contributed by atoms with van der Waals surface area (Å²) in [6.45, 7) is 6.49. The molecule has 0 bridgehead atoms. The van der Waals surface area contributed by atoms with E-state index in [2.05, 4.69) is 15.9 Å². The van der Waals surface area contributed by atoms with Gasteiger partial charge in [-0.25, -0.2) is 4.39 Å². The van der Waals surface area contributed by atoms with Gasteiger partial charge in [0.25, 0.3) is 0 Å². The quantitative estimate of drug-likeness (QED) is 0.814. The van der Waals surface area contributed by atoms with Crippen molar-refractivity contribution in [3.8, 4) is 0 Å². The number of benzene rings is 1. The van der Waals surface area contributed by atoms with E-state index < -0.39 is 11.7 Å². The Morgan fingerprint density at radius 1 is 1.32 bits per heavy atom. The molecule has 0 aromatic heterocycles. The second kappa shape index (κ2) is 7.36. The molecule has 1 N–H and O–H groups in total. The fourth-order valence-corrected chi connectivity index (χ4v) is 2.81. The maximum atomic E-state index is 13.3. The topological polar surface area (TPSA) is 29.5 Å². The van der Waals surface area contributed by atoms with Gasteiger partial charge < -0.3 is 9.84 Å². The van der Waals surface area contributed by atoms with Crippen molar-refractivity contribution in [2.24, 2.45) is 0 Å². The van der Waals surface area contributed by atoms with Gasteiger partial charge in [0.15, 0.2) is 0 Å². The average molecular weight is 333 g/mol. The van der Waals surface area contributed by atoms with E-state index in [0.717, 1.165) is 22.9 Å². The zero-order chi connectivity index (χ0) is 14.5. The van der Waals surface area contributed by atoms with E-state index in [-0.39, 0.29) is 5.82 Å². The number of hydrogen-bond donors (Lipinski definition) is 1. The van der Waals surface area contributed by atoms with Crippen molar-refractivity contribution in [3.63, 3.8) is 0 Å². The number of hydrogen-bond acceptors (Lipinski definition) is 2. The maximum Gasteiger partial charge on any atom is 0.123 e. The largest absolute Gasteiger partial charge is 0.390 e. The molecule has 0 amide bonds. The number of aliphatic hydroxyl groups is 1. The molecule has 0 radical (unpaired) electrons. The van der Waals surface area contributed by atoms with Gasteiger partial charge in [-0.15, -0.1) is 0 Å². The summed E-state index contributed by atoms with van der Waals surface area (Å²) in [5, 5.41) is 10.5. The monoisotopic (exact) mass is 332 g/mol. The fraction of sp³-hybridized carbons (Fsp3) is 0.600. The molecule has 4 heteroatoms. The van der Waals surface area contributed by atoms with Gasteiger partial charge in [0.05, 0.1) is 11.7 Å². The SMILES string of the molecule is CCOC(CC)(CC)C(O)Cc1cc(F)ccc1Br. The minimum atomic E-state index is -0.652. The first-order valence-corrected chi connectivity index (χ1v) is 7.54. The first-order valence-electron chi connectivity index (χ1n) is 6.75. The fourth-order valence-electron chi connectivity index (χ4n) is 2.40. The van der Waals surface area contributed by atoms with Crippen LogP contribution in [0.25, 0.3) is 0 Å². The van der Waals surface area contributed by atoms with Gasteiger partial charge in [0, 0.05) is 17.5 Å². The number of halogens is 2. The Morgan fingerprint density at radius 3 is 2.47 bits per heavy atom. The van der Waals surface area contributed by atoms with Crippen LogP contribution >= 0.6 is 15.9 Å². The first-order chi connectivity index (χ1) is 8.99. The third-order valence-corrected chi connectivity index (χ3v) is 4.43. The van der Waals surface area contributed by atoms with Crippen molar-refractivity contribution >= 4 is 15.9 Å². The molecule has 0 aliphatic rings. The predicted octanol–water partition coefficient (Wildman–Crippen LogP) is 4.09. The van der Waals surface area contributed by atoms with E-state index in [1.54, 1.807) is 6.07 Å². The molecule has 1 aromatic rings. The molecule has 0 fully saturated rings. The summed E-state index contributed by atoms with van der Waals surface area (Å²) in [7, 11) is 0. The van der Waals surface area contributed by atoms with Gasteiger partial charge >= 0.3 is 0 Å². The highest BCUT2D eigenvalue weighted by molar-refractivity contribution is 9.10. The van der Waals surface area contributed by atoms with E-state index >= 15 is 0 Å². The third kappa shape index (κ3) is 4.01. The summed E-state index contributed by atoms with van der Waals surface area (Å²) >= 11 is 3.39. The molecule has 0 saturated carbocycles. The van der Waals surface area contributed by atoms with E-state index in [4.69, 9.17) is 4.74 Å². The van der Waals surface area contributed by atoms with Crippen LogP contribution in [0.2, 0.25) is 0 Å². The molecule has 19 heavy (non-hydrogen) atoms. The number of aliphatic hydroxyl groups excluding tert-OH is 1. The summed E-state index contributed by atoms with van der Waals surface area (Å²) in [5.41, 5.74) is 0.207. The van der Waals surface area contributed by atoms with E-state index in [1.165, 1.54) is 12.1 Å². The minimum Gasteiger partial charge on any atom is -0.390 e. The van der Waals surface area contributed by atoms with Crippen LogP contribution in [0.1, 0.15) is 39.2 Å². The van der Waals surface area contributed by atoms with Crippen molar-refractivity contribution in [2.75, 3.05) is 6.61 Å². The summed E-state index contributed by atoms with van der Waals surface area (Å²) in [6.07, 6.45) is 1.18. The van der Waals surface area contributed by atoms with Crippen LogP contribution in [0.15, 0.2) is 22.7 Å². The lowest BCUT2D eigenvalue weighted by atomic mass is 9.86. The Morgan fingerprint density at radius 2 is 1.95 bits per heavy atom. The molecule has 1 rings (SSSR count). The molecule has 1 atom stereocenters. The van der Waals surface area contributed by atoms with Crippen LogP contribution in [-0.2, 0) is 11.2 Å². The highest BCUT2D eigenvalue weighted by Gasteiger charge is 2.35. The van der Waals surface area contributed by atoms with Crippen molar-refractivity contribution < 1.29 is 14.2 Å². The second-order valence-electron chi connectivity index (χ2n) is 4.66. The molecule has 0 spiro atoms. The Balaban J connectivity index is 2.92. The number of ether oxygens (including phenoxy) is 1. The molecule has 0 aliphatic carbocycles. The molecule has 108 valence electrons. The van der Waals surface area contributed by atoms with Crippen molar-refractivity contribution in [1.82, 2.24) is 0 Å². The lowest BCUT2D eigenvalue weighted by molar-refractivity contribution is -0.124. The molecule has 1 aromatic carbocycles. The van der Waals surface area contributed by atoms with Gasteiger partial charge in [-0.1, -0.05) is 29.8 Å². The highest BCUT2D eigenvalue weighted by Crippen LogP contribution is 2.29. The Bertz CT molecular complexity index is 405. The lowest BCUT2D eigenvalue weighted by Crippen LogP contribution is -2.45. The van der Waals surface area contributed by atoms with Gasteiger partial charge in [0.1, 0.15) is 5.82 Å². The van der Waals surface area contributed by atoms with E-state index in [9.17, 15) is 9.50 Å². The maximum absolute atomic E-state index is 13.3. The number of rotatable bonds is 7. The van der Waals surface area contributed by atoms with Gasteiger partial charge in [0.2, 0.25) is 0 Å². The Kier molecular flexibility index (Phi) is 6.43. The lowest BCUT2D eigenvalue weighted by Gasteiger charge is -2.36. The molecular weight excluding hydrogens is 311 g/mol. The highest BCUT2D eigenvalue weighted by atomic mass is 79.9. The third-order valence-electron chi connectivity index (χ3n) is 3.66. The van der Waals surface area contributed by atoms with Gasteiger partial charge in [-0.3, -0.25) is 0 Å². The normalized spacial score (nSPS) is 13.6. The molecular formula is C15H22BrFO2. The minimum absolute atomic E-state index is 0.291. The van der Waals surface area contributed by atoms with Crippen molar-refractivity contribution in [2.45, 2.75) is 51.7 Å². The zero-order valence-corrected chi connectivity index (χ0v) is 13.3. The molecule has 1 unspecified atom stereocenters. The molecule has 0 heterocycles. The van der Waals surface area contributed by atoms with E-state index in [0.29, 0.717) is 13.0 Å². The predicted molar refractivity (Wildman–Crippen MR) is 78.7 cm³/mol. The Hall–Kier alpha value is -0.450. The van der Waals surface area contributed by atoms with Crippen molar-refractivity contribution in [3.05, 3.63) is 34.1 Å². The van der Waals surface area contributed by atoms with Crippen LogP contribution in [0.4, 0.5) is 4.39 Å². The van der Waals surface area contributed by atoms with Crippen LogP contribution < -0.4 is 0 Å². The molecule has 0 saturated heterocycles. The Labute approximate surface area is 123 Å². The van der Waals surface area contributed by atoms with Crippen LogP contribution in [0, 0.1) is 5.82 Å². The van der Waals surface area contributed by atoms with E-state index in [1.807, 2.05) is 20.8 Å². The standard InChI is InChI=1S/C15H22BrFO2/c1-4-15(5-2,19-6-3)14(18)10-11-9-12(17)7-8-13(11)16/h7-9,14,18H,4-6,10H2,1-3H3. The van der Waals surface area contributed by atoms with Gasteiger partial charge in [-0.2, -0.15) is 0 Å². The molecule has 0 aliphatic heterocycles. The first kappa shape index (κ1) is 16.6. The van der Waals surface area contributed by atoms with Crippen molar-refractivity contribution in [1.29, 1.82) is 0 Å². The summed E-state index contributed by atoms with van der Waals surface area (Å²) < 4.78 is 19.9. The second-order valence-corrected chi connectivity index (χ2v) is 5.51. The van der Waals surface area contributed by atoms with Crippen LogP contribution in [0.5, 0.6) is 0 Å². The smallest absolute Gasteiger partial charge is 0.123 e.